The van der Waals surface area contributed by atoms with Crippen LogP contribution in [0.5, 0.6) is 0 Å². The number of amides is 1. The van der Waals surface area contributed by atoms with Crippen molar-refractivity contribution in [1.82, 2.24) is 15.1 Å². The summed E-state index contributed by atoms with van der Waals surface area (Å²) in [6, 6.07) is 4.20. The quantitative estimate of drug-likeness (QED) is 0.798. The van der Waals surface area contributed by atoms with Crippen LogP contribution in [0.2, 0.25) is 0 Å². The van der Waals surface area contributed by atoms with Gasteiger partial charge in [-0.2, -0.15) is 0 Å². The third-order valence-electron chi connectivity index (χ3n) is 4.51. The highest BCUT2D eigenvalue weighted by Gasteiger charge is 2.26. The van der Waals surface area contributed by atoms with E-state index in [-0.39, 0.29) is 5.92 Å². The molecule has 0 saturated carbocycles. The van der Waals surface area contributed by atoms with Crippen molar-refractivity contribution in [1.29, 1.82) is 0 Å². The highest BCUT2D eigenvalue weighted by Crippen LogP contribution is 2.19. The maximum atomic E-state index is 12.9. The average Bonchev–Trinajstić information content (AvgIpc) is 3.08. The van der Waals surface area contributed by atoms with E-state index in [4.69, 9.17) is 0 Å². The maximum absolute atomic E-state index is 12.9. The van der Waals surface area contributed by atoms with Gasteiger partial charge in [-0.3, -0.25) is 4.79 Å². The number of thiophene rings is 1. The molecular formula is C17H29N3OS. The Hall–Kier alpha value is -0.910. The summed E-state index contributed by atoms with van der Waals surface area (Å²) in [5.74, 6) is 0.556. The van der Waals surface area contributed by atoms with Crippen LogP contribution in [-0.4, -0.2) is 55.0 Å². The van der Waals surface area contributed by atoms with Gasteiger partial charge in [0.15, 0.2) is 0 Å². The number of nitrogens with zero attached hydrogens (tertiary/aromatic N) is 2. The molecule has 2 heterocycles. The summed E-state index contributed by atoms with van der Waals surface area (Å²) in [6.45, 7) is 11.0. The van der Waals surface area contributed by atoms with Crippen molar-refractivity contribution in [2.45, 2.75) is 33.2 Å². The van der Waals surface area contributed by atoms with Gasteiger partial charge in [0, 0.05) is 23.9 Å². The van der Waals surface area contributed by atoms with Gasteiger partial charge >= 0.3 is 0 Å². The molecular weight excluding hydrogens is 294 g/mol. The minimum absolute atomic E-state index is 0.206. The van der Waals surface area contributed by atoms with E-state index in [1.807, 2.05) is 0 Å². The number of nitrogens with one attached hydrogen (secondary N) is 1. The predicted octanol–water partition coefficient (Wildman–Crippen LogP) is 2.42. The number of hydrogen-bond acceptors (Lipinski definition) is 4. The van der Waals surface area contributed by atoms with Crippen LogP contribution >= 0.6 is 11.3 Å². The summed E-state index contributed by atoms with van der Waals surface area (Å²) in [7, 11) is 0. The summed E-state index contributed by atoms with van der Waals surface area (Å²) in [4.78, 5) is 18.6. The minimum Gasteiger partial charge on any atom is -0.336 e. The molecule has 0 bridgehead atoms. The van der Waals surface area contributed by atoms with Gasteiger partial charge in [0.1, 0.15) is 0 Å². The van der Waals surface area contributed by atoms with Gasteiger partial charge in [-0.1, -0.05) is 19.9 Å². The third-order valence-corrected chi connectivity index (χ3v) is 5.37. The Labute approximate surface area is 138 Å². The Morgan fingerprint density at radius 1 is 1.27 bits per heavy atom. The van der Waals surface area contributed by atoms with E-state index in [2.05, 4.69) is 46.5 Å². The molecule has 0 unspecified atom stereocenters. The lowest BCUT2D eigenvalue weighted by atomic mass is 9.96. The SMILES string of the molecule is CCN(CC)CCN(Cc1cccs1)C(=O)C1CCNCC1. The molecule has 1 saturated heterocycles. The molecule has 2 rings (SSSR count). The smallest absolute Gasteiger partial charge is 0.226 e. The van der Waals surface area contributed by atoms with E-state index < -0.39 is 0 Å². The lowest BCUT2D eigenvalue weighted by Crippen LogP contribution is -2.43. The Balaban J connectivity index is 1.97. The maximum Gasteiger partial charge on any atom is 0.226 e. The second-order valence-electron chi connectivity index (χ2n) is 5.89. The molecule has 1 aliphatic rings. The number of hydrogen-bond donors (Lipinski definition) is 1. The van der Waals surface area contributed by atoms with Crippen LogP contribution in [0.4, 0.5) is 0 Å². The number of carbonyl (C=O) groups is 1. The molecule has 0 aliphatic carbocycles. The fourth-order valence-electron chi connectivity index (χ4n) is 2.99. The molecule has 0 spiro atoms. The zero-order valence-corrected chi connectivity index (χ0v) is 14.7. The topological polar surface area (TPSA) is 35.6 Å². The van der Waals surface area contributed by atoms with E-state index in [1.165, 1.54) is 4.88 Å². The molecule has 1 aliphatic heterocycles. The van der Waals surface area contributed by atoms with E-state index >= 15 is 0 Å². The Bertz CT molecular complexity index is 425. The second-order valence-corrected chi connectivity index (χ2v) is 6.92. The fourth-order valence-corrected chi connectivity index (χ4v) is 3.71. The van der Waals surface area contributed by atoms with E-state index in [1.54, 1.807) is 11.3 Å². The third kappa shape index (κ3) is 5.07. The summed E-state index contributed by atoms with van der Waals surface area (Å²) in [6.07, 6.45) is 1.95. The first-order valence-corrected chi connectivity index (χ1v) is 9.36. The van der Waals surface area contributed by atoms with Crippen molar-refractivity contribution >= 4 is 17.2 Å². The molecule has 4 nitrogen and oxygen atoms in total. The normalized spacial score (nSPS) is 16.1. The molecule has 1 aromatic heterocycles. The lowest BCUT2D eigenvalue weighted by Gasteiger charge is -2.31. The minimum atomic E-state index is 0.206. The number of likely N-dealkylation sites (N-methyl/N-ethyl adjacent to an activating group) is 1. The summed E-state index contributed by atoms with van der Waals surface area (Å²) >= 11 is 1.74. The van der Waals surface area contributed by atoms with Crippen molar-refractivity contribution in [2.75, 3.05) is 39.3 Å². The average molecular weight is 324 g/mol. The zero-order valence-electron chi connectivity index (χ0n) is 13.9. The molecule has 1 fully saturated rings. The fraction of sp³-hybridized carbons (Fsp3) is 0.706. The van der Waals surface area contributed by atoms with E-state index in [0.717, 1.165) is 58.7 Å². The van der Waals surface area contributed by atoms with Crippen LogP contribution in [0.3, 0.4) is 0 Å². The van der Waals surface area contributed by atoms with Crippen LogP contribution < -0.4 is 5.32 Å². The summed E-state index contributed by atoms with van der Waals surface area (Å²) in [5.41, 5.74) is 0. The Morgan fingerprint density at radius 3 is 2.59 bits per heavy atom. The molecule has 5 heteroatoms. The molecule has 1 aromatic rings. The Kier molecular flexibility index (Phi) is 7.36. The first-order chi connectivity index (χ1) is 10.7. The number of rotatable bonds is 8. The predicted molar refractivity (Wildman–Crippen MR) is 93.1 cm³/mol. The highest BCUT2D eigenvalue weighted by molar-refractivity contribution is 7.09. The first kappa shape index (κ1) is 17.4. The standard InChI is InChI=1S/C17H29N3OS/c1-3-19(4-2)11-12-20(14-16-6-5-13-22-16)17(21)15-7-9-18-10-8-15/h5-6,13,15,18H,3-4,7-12,14H2,1-2H3. The summed E-state index contributed by atoms with van der Waals surface area (Å²) in [5, 5.41) is 5.44. The molecule has 1 amide bonds. The van der Waals surface area contributed by atoms with E-state index in [0.29, 0.717) is 5.91 Å². The zero-order chi connectivity index (χ0) is 15.8. The van der Waals surface area contributed by atoms with Crippen molar-refractivity contribution in [3.63, 3.8) is 0 Å². The van der Waals surface area contributed by atoms with Gasteiger partial charge in [0.2, 0.25) is 5.91 Å². The van der Waals surface area contributed by atoms with Crippen molar-refractivity contribution in [3.05, 3.63) is 22.4 Å². The Morgan fingerprint density at radius 2 is 2.00 bits per heavy atom. The molecule has 0 radical (unpaired) electrons. The van der Waals surface area contributed by atoms with Crippen molar-refractivity contribution in [2.24, 2.45) is 5.92 Å². The van der Waals surface area contributed by atoms with Gasteiger partial charge in [-0.25, -0.2) is 0 Å². The molecule has 124 valence electrons. The highest BCUT2D eigenvalue weighted by atomic mass is 32.1. The van der Waals surface area contributed by atoms with Crippen LogP contribution in [0.1, 0.15) is 31.6 Å². The lowest BCUT2D eigenvalue weighted by molar-refractivity contribution is -0.137. The van der Waals surface area contributed by atoms with E-state index in [9.17, 15) is 4.79 Å². The van der Waals surface area contributed by atoms with Crippen LogP contribution in [0.15, 0.2) is 17.5 Å². The van der Waals surface area contributed by atoms with Crippen molar-refractivity contribution in [3.8, 4) is 0 Å². The number of carbonyl (C=O) groups excluding carboxylic acids is 1. The summed E-state index contributed by atoms with van der Waals surface area (Å²) < 4.78 is 0. The van der Waals surface area contributed by atoms with Gasteiger partial charge < -0.3 is 15.1 Å². The largest absolute Gasteiger partial charge is 0.336 e. The first-order valence-electron chi connectivity index (χ1n) is 8.48. The van der Waals surface area contributed by atoms with Crippen molar-refractivity contribution < 1.29 is 4.79 Å². The van der Waals surface area contributed by atoms with Gasteiger partial charge in [-0.15, -0.1) is 11.3 Å². The van der Waals surface area contributed by atoms with Crippen LogP contribution in [0, 0.1) is 5.92 Å². The number of piperidine rings is 1. The van der Waals surface area contributed by atoms with Gasteiger partial charge in [-0.05, 0) is 50.5 Å². The molecule has 0 atom stereocenters. The molecule has 22 heavy (non-hydrogen) atoms. The van der Waals surface area contributed by atoms with Gasteiger partial charge in [0.05, 0.1) is 6.54 Å². The van der Waals surface area contributed by atoms with Crippen LogP contribution in [-0.2, 0) is 11.3 Å². The van der Waals surface area contributed by atoms with Crippen LogP contribution in [0.25, 0.3) is 0 Å². The molecule has 1 N–H and O–H groups in total. The molecule has 0 aromatic carbocycles. The van der Waals surface area contributed by atoms with Gasteiger partial charge in [0.25, 0.3) is 0 Å². The second kappa shape index (κ2) is 9.28. The monoisotopic (exact) mass is 323 g/mol.